The van der Waals surface area contributed by atoms with Crippen LogP contribution in [0.15, 0.2) is 0 Å². The Balaban J connectivity index is 2.21. The Morgan fingerprint density at radius 3 is 2.25 bits per heavy atom. The highest BCUT2D eigenvalue weighted by molar-refractivity contribution is 14.1. The molecule has 0 aromatic rings. The summed E-state index contributed by atoms with van der Waals surface area (Å²) in [5, 5.41) is 0. The molecule has 0 aromatic heterocycles. The predicted octanol–water partition coefficient (Wildman–Crippen LogP) is 4.69. The van der Waals surface area contributed by atoms with Crippen molar-refractivity contribution >= 4 is 38.5 Å². The second kappa shape index (κ2) is 6.63. The first-order chi connectivity index (χ1) is 5.79. The standard InChI is InChI=1S/C10H18BrI/c11-9-5-2-1-3-7-10(12)8-4-6-9/h9-10H,1-8H2. The van der Waals surface area contributed by atoms with Crippen molar-refractivity contribution < 1.29 is 0 Å². The van der Waals surface area contributed by atoms with Crippen molar-refractivity contribution in [3.8, 4) is 0 Å². The molecule has 0 nitrogen and oxygen atoms in total. The molecule has 0 heterocycles. The Morgan fingerprint density at radius 1 is 0.833 bits per heavy atom. The molecular weight excluding hydrogens is 327 g/mol. The molecule has 2 unspecified atom stereocenters. The smallest absolute Gasteiger partial charge is 0.0145 e. The van der Waals surface area contributed by atoms with E-state index in [1.807, 2.05) is 0 Å². The van der Waals surface area contributed by atoms with Gasteiger partial charge in [-0.1, -0.05) is 64.2 Å². The van der Waals surface area contributed by atoms with Gasteiger partial charge in [0.2, 0.25) is 0 Å². The van der Waals surface area contributed by atoms with Crippen LogP contribution in [0.3, 0.4) is 0 Å². The van der Waals surface area contributed by atoms with Crippen LogP contribution < -0.4 is 0 Å². The molecule has 0 radical (unpaired) electrons. The number of hydrogen-bond acceptors (Lipinski definition) is 0. The van der Waals surface area contributed by atoms with Crippen LogP contribution in [0.1, 0.15) is 51.4 Å². The van der Waals surface area contributed by atoms with Crippen LogP contribution >= 0.6 is 38.5 Å². The Kier molecular flexibility index (Phi) is 6.24. The van der Waals surface area contributed by atoms with Gasteiger partial charge in [-0.25, -0.2) is 0 Å². The number of hydrogen-bond donors (Lipinski definition) is 0. The molecule has 72 valence electrons. The van der Waals surface area contributed by atoms with Crippen LogP contribution in [-0.2, 0) is 0 Å². The summed E-state index contributed by atoms with van der Waals surface area (Å²) in [5.41, 5.74) is 0. The van der Waals surface area contributed by atoms with Crippen LogP contribution in [0.2, 0.25) is 0 Å². The van der Waals surface area contributed by atoms with Gasteiger partial charge in [0.1, 0.15) is 0 Å². The maximum atomic E-state index is 3.75. The van der Waals surface area contributed by atoms with Crippen LogP contribution in [0.5, 0.6) is 0 Å². The van der Waals surface area contributed by atoms with E-state index in [0.29, 0.717) is 0 Å². The minimum absolute atomic E-state index is 0.805. The molecule has 12 heavy (non-hydrogen) atoms. The van der Waals surface area contributed by atoms with Gasteiger partial charge in [-0.2, -0.15) is 0 Å². The Hall–Kier alpha value is 1.21. The second-order valence-corrected chi connectivity index (χ2v) is 6.82. The van der Waals surface area contributed by atoms with Crippen LogP contribution in [0.25, 0.3) is 0 Å². The summed E-state index contributed by atoms with van der Waals surface area (Å²) in [6, 6.07) is 0. The molecule has 0 amide bonds. The van der Waals surface area contributed by atoms with E-state index >= 15 is 0 Å². The largest absolute Gasteiger partial charge is 0.0891 e. The highest BCUT2D eigenvalue weighted by atomic mass is 127. The summed E-state index contributed by atoms with van der Waals surface area (Å²) in [4.78, 5) is 0.805. The monoisotopic (exact) mass is 344 g/mol. The van der Waals surface area contributed by atoms with Gasteiger partial charge in [-0.15, -0.1) is 0 Å². The molecule has 2 heteroatoms. The van der Waals surface area contributed by atoms with Gasteiger partial charge in [0.05, 0.1) is 0 Å². The van der Waals surface area contributed by atoms with Gasteiger partial charge in [0.25, 0.3) is 0 Å². The Morgan fingerprint density at radius 2 is 1.42 bits per heavy atom. The molecule has 1 aliphatic rings. The highest BCUT2D eigenvalue weighted by Gasteiger charge is 2.09. The number of alkyl halides is 2. The topological polar surface area (TPSA) is 0 Å². The van der Waals surface area contributed by atoms with Crippen molar-refractivity contribution in [1.82, 2.24) is 0 Å². The number of halogens is 2. The zero-order chi connectivity index (χ0) is 8.81. The van der Waals surface area contributed by atoms with Gasteiger partial charge in [-0.05, 0) is 25.7 Å². The molecule has 0 bridgehead atoms. The molecule has 0 aromatic carbocycles. The summed E-state index contributed by atoms with van der Waals surface area (Å²) in [7, 11) is 0. The van der Waals surface area contributed by atoms with Gasteiger partial charge < -0.3 is 0 Å². The molecular formula is C10H18BrI. The predicted molar refractivity (Wildman–Crippen MR) is 67.5 cm³/mol. The lowest BCUT2D eigenvalue weighted by atomic mass is 10.0. The minimum atomic E-state index is 0.805. The summed E-state index contributed by atoms with van der Waals surface area (Å²) in [5.74, 6) is 0. The lowest BCUT2D eigenvalue weighted by molar-refractivity contribution is 0.529. The lowest BCUT2D eigenvalue weighted by Crippen LogP contribution is -2.04. The van der Waals surface area contributed by atoms with Gasteiger partial charge >= 0.3 is 0 Å². The summed E-state index contributed by atoms with van der Waals surface area (Å²) < 4.78 is 0.945. The molecule has 0 saturated heterocycles. The van der Waals surface area contributed by atoms with E-state index in [-0.39, 0.29) is 0 Å². The fourth-order valence-electron chi connectivity index (χ4n) is 1.76. The fourth-order valence-corrected chi connectivity index (χ4v) is 3.29. The average molecular weight is 345 g/mol. The summed E-state index contributed by atoms with van der Waals surface area (Å²) >= 11 is 6.37. The van der Waals surface area contributed by atoms with Crippen LogP contribution in [0, 0.1) is 0 Å². The first-order valence-electron chi connectivity index (χ1n) is 5.07. The van der Waals surface area contributed by atoms with Crippen molar-refractivity contribution in [1.29, 1.82) is 0 Å². The van der Waals surface area contributed by atoms with Crippen molar-refractivity contribution in [2.75, 3.05) is 0 Å². The maximum absolute atomic E-state index is 3.75. The van der Waals surface area contributed by atoms with Crippen LogP contribution in [-0.4, -0.2) is 8.75 Å². The molecule has 1 fully saturated rings. The molecule has 1 rings (SSSR count). The van der Waals surface area contributed by atoms with E-state index in [4.69, 9.17) is 0 Å². The third-order valence-corrected chi connectivity index (χ3v) is 4.73. The first-order valence-corrected chi connectivity index (χ1v) is 7.23. The minimum Gasteiger partial charge on any atom is -0.0891 e. The maximum Gasteiger partial charge on any atom is 0.0145 e. The van der Waals surface area contributed by atoms with Crippen molar-refractivity contribution in [3.63, 3.8) is 0 Å². The van der Waals surface area contributed by atoms with Gasteiger partial charge in [-0.3, -0.25) is 0 Å². The van der Waals surface area contributed by atoms with E-state index in [9.17, 15) is 0 Å². The van der Waals surface area contributed by atoms with E-state index in [0.717, 1.165) is 8.75 Å². The average Bonchev–Trinajstić information content (AvgIpc) is 2.04. The summed E-state index contributed by atoms with van der Waals surface area (Å²) in [6.07, 6.45) is 11.4. The lowest BCUT2D eigenvalue weighted by Gasteiger charge is -2.15. The molecule has 1 aliphatic carbocycles. The normalized spacial score (nSPS) is 34.5. The van der Waals surface area contributed by atoms with E-state index in [2.05, 4.69) is 38.5 Å². The molecule has 0 spiro atoms. The molecule has 0 N–H and O–H groups in total. The molecule has 0 aliphatic heterocycles. The van der Waals surface area contributed by atoms with Crippen LogP contribution in [0.4, 0.5) is 0 Å². The first kappa shape index (κ1) is 11.3. The van der Waals surface area contributed by atoms with Crippen molar-refractivity contribution in [3.05, 3.63) is 0 Å². The van der Waals surface area contributed by atoms with E-state index < -0.39 is 0 Å². The Bertz CT molecular complexity index is 104. The molecule has 1 saturated carbocycles. The van der Waals surface area contributed by atoms with E-state index in [1.165, 1.54) is 51.4 Å². The fraction of sp³-hybridized carbons (Fsp3) is 1.00. The zero-order valence-corrected chi connectivity index (χ0v) is 11.3. The molecule has 2 atom stereocenters. The quantitative estimate of drug-likeness (QED) is 0.442. The highest BCUT2D eigenvalue weighted by Crippen LogP contribution is 2.24. The Labute approximate surface area is 98.1 Å². The van der Waals surface area contributed by atoms with Gasteiger partial charge in [0.15, 0.2) is 0 Å². The number of rotatable bonds is 0. The van der Waals surface area contributed by atoms with Crippen molar-refractivity contribution in [2.24, 2.45) is 0 Å². The second-order valence-electron chi connectivity index (χ2n) is 3.76. The summed E-state index contributed by atoms with van der Waals surface area (Å²) in [6.45, 7) is 0. The van der Waals surface area contributed by atoms with E-state index in [1.54, 1.807) is 0 Å². The SMILES string of the molecule is BrC1CCCCCC(I)CCC1. The third kappa shape index (κ3) is 5.05. The third-order valence-electron chi connectivity index (χ3n) is 2.57. The zero-order valence-electron chi connectivity index (χ0n) is 7.57. The van der Waals surface area contributed by atoms with Crippen molar-refractivity contribution in [2.45, 2.75) is 60.1 Å². The van der Waals surface area contributed by atoms with Gasteiger partial charge in [0, 0.05) is 8.75 Å².